The number of nitrogens with zero attached hydrogens (tertiary/aromatic N) is 2. The Labute approximate surface area is 110 Å². The highest BCUT2D eigenvalue weighted by atomic mass is 16.5. The maximum absolute atomic E-state index is 5.93. The van der Waals surface area contributed by atoms with Gasteiger partial charge >= 0.3 is 0 Å². The Bertz CT molecular complexity index is 704. The third-order valence-corrected chi connectivity index (χ3v) is 2.92. The number of aromatic nitrogens is 2. The third kappa shape index (κ3) is 2.08. The molecule has 2 aromatic heterocycles. The van der Waals surface area contributed by atoms with Crippen molar-refractivity contribution >= 4 is 5.82 Å². The van der Waals surface area contributed by atoms with E-state index in [1.807, 2.05) is 43.3 Å². The average molecular weight is 251 g/mol. The summed E-state index contributed by atoms with van der Waals surface area (Å²) in [6.45, 7) is 2.04. The molecule has 1 aromatic carbocycles. The summed E-state index contributed by atoms with van der Waals surface area (Å²) in [5.74, 6) is 0.981. The summed E-state index contributed by atoms with van der Waals surface area (Å²) in [6.07, 6.45) is 1.72. The SMILES string of the molecule is Cc1cccc(-c2c(N)noc2-c2ccccn2)c1. The van der Waals surface area contributed by atoms with Gasteiger partial charge in [0.2, 0.25) is 0 Å². The molecule has 94 valence electrons. The summed E-state index contributed by atoms with van der Waals surface area (Å²) in [7, 11) is 0. The minimum Gasteiger partial charge on any atom is -0.380 e. The molecule has 0 atom stereocenters. The molecule has 0 aliphatic heterocycles. The topological polar surface area (TPSA) is 64.9 Å². The lowest BCUT2D eigenvalue weighted by atomic mass is 10.0. The van der Waals surface area contributed by atoms with Crippen LogP contribution < -0.4 is 5.73 Å². The van der Waals surface area contributed by atoms with Crippen LogP contribution in [0.15, 0.2) is 53.2 Å². The lowest BCUT2D eigenvalue weighted by Gasteiger charge is -2.03. The summed E-state index contributed by atoms with van der Waals surface area (Å²) in [4.78, 5) is 4.28. The Morgan fingerprint density at radius 2 is 2.00 bits per heavy atom. The molecule has 2 heterocycles. The fourth-order valence-electron chi connectivity index (χ4n) is 2.05. The summed E-state index contributed by atoms with van der Waals surface area (Å²) < 4.78 is 5.34. The second-order valence-electron chi connectivity index (χ2n) is 4.36. The third-order valence-electron chi connectivity index (χ3n) is 2.92. The highest BCUT2D eigenvalue weighted by Crippen LogP contribution is 2.35. The largest absolute Gasteiger partial charge is 0.380 e. The van der Waals surface area contributed by atoms with Gasteiger partial charge in [0.1, 0.15) is 5.69 Å². The number of aryl methyl sites for hydroxylation is 1. The van der Waals surface area contributed by atoms with E-state index in [4.69, 9.17) is 10.3 Å². The number of pyridine rings is 1. The van der Waals surface area contributed by atoms with Crippen LogP contribution in [0.25, 0.3) is 22.6 Å². The maximum Gasteiger partial charge on any atom is 0.195 e. The molecule has 3 aromatic rings. The Morgan fingerprint density at radius 1 is 1.11 bits per heavy atom. The molecule has 0 saturated carbocycles. The van der Waals surface area contributed by atoms with Crippen LogP contribution in [0.1, 0.15) is 5.56 Å². The van der Waals surface area contributed by atoms with Crippen LogP contribution in [0.2, 0.25) is 0 Å². The number of rotatable bonds is 2. The number of nitrogen functional groups attached to an aromatic ring is 1. The number of benzene rings is 1. The van der Waals surface area contributed by atoms with Gasteiger partial charge in [0.15, 0.2) is 11.6 Å². The van der Waals surface area contributed by atoms with Crippen molar-refractivity contribution in [2.45, 2.75) is 6.92 Å². The first kappa shape index (κ1) is 11.5. The Morgan fingerprint density at radius 3 is 2.74 bits per heavy atom. The van der Waals surface area contributed by atoms with Gasteiger partial charge < -0.3 is 10.3 Å². The van der Waals surface area contributed by atoms with Crippen molar-refractivity contribution in [3.63, 3.8) is 0 Å². The van der Waals surface area contributed by atoms with E-state index in [-0.39, 0.29) is 0 Å². The molecule has 2 N–H and O–H groups in total. The van der Waals surface area contributed by atoms with E-state index < -0.39 is 0 Å². The molecule has 4 heteroatoms. The average Bonchev–Trinajstić information content (AvgIpc) is 2.82. The quantitative estimate of drug-likeness (QED) is 0.759. The zero-order valence-corrected chi connectivity index (χ0v) is 10.5. The molecule has 0 saturated heterocycles. The predicted molar refractivity (Wildman–Crippen MR) is 74.3 cm³/mol. The van der Waals surface area contributed by atoms with Gasteiger partial charge in [0.05, 0.1) is 5.56 Å². The Kier molecular flexibility index (Phi) is 2.76. The van der Waals surface area contributed by atoms with Crippen molar-refractivity contribution in [3.05, 3.63) is 54.2 Å². The molecule has 0 aliphatic rings. The van der Waals surface area contributed by atoms with Crippen molar-refractivity contribution in [2.75, 3.05) is 5.73 Å². The van der Waals surface area contributed by atoms with Crippen molar-refractivity contribution in [2.24, 2.45) is 0 Å². The molecular formula is C15H13N3O. The van der Waals surface area contributed by atoms with Gasteiger partial charge in [0, 0.05) is 6.20 Å². The van der Waals surface area contributed by atoms with Gasteiger partial charge in [-0.15, -0.1) is 0 Å². The molecule has 0 aliphatic carbocycles. The van der Waals surface area contributed by atoms with Gasteiger partial charge in [-0.05, 0) is 24.6 Å². The van der Waals surface area contributed by atoms with E-state index in [1.54, 1.807) is 6.20 Å². The van der Waals surface area contributed by atoms with Gasteiger partial charge in [-0.3, -0.25) is 4.98 Å². The summed E-state index contributed by atoms with van der Waals surface area (Å²) in [5.41, 5.74) is 9.59. The normalized spacial score (nSPS) is 10.6. The first-order valence-corrected chi connectivity index (χ1v) is 5.99. The zero-order valence-electron chi connectivity index (χ0n) is 10.5. The monoisotopic (exact) mass is 251 g/mol. The van der Waals surface area contributed by atoms with Crippen LogP contribution in [0.3, 0.4) is 0 Å². The first-order valence-electron chi connectivity index (χ1n) is 5.99. The van der Waals surface area contributed by atoms with Crippen LogP contribution in [-0.2, 0) is 0 Å². The molecule has 3 rings (SSSR count). The lowest BCUT2D eigenvalue weighted by molar-refractivity contribution is 0.435. The standard InChI is InChI=1S/C15H13N3O/c1-10-5-4-6-11(9-10)13-14(19-18-15(13)16)12-7-2-3-8-17-12/h2-9H,1H3,(H2,16,18). The van der Waals surface area contributed by atoms with Gasteiger partial charge in [-0.25, -0.2) is 0 Å². The number of nitrogens with two attached hydrogens (primary N) is 1. The molecule has 0 unspecified atom stereocenters. The highest BCUT2D eigenvalue weighted by Gasteiger charge is 2.18. The van der Waals surface area contributed by atoms with E-state index in [1.165, 1.54) is 0 Å². The van der Waals surface area contributed by atoms with Gasteiger partial charge in [-0.1, -0.05) is 41.1 Å². The van der Waals surface area contributed by atoms with E-state index in [0.717, 1.165) is 22.4 Å². The van der Waals surface area contributed by atoms with Crippen LogP contribution in [-0.4, -0.2) is 10.1 Å². The fraction of sp³-hybridized carbons (Fsp3) is 0.0667. The minimum atomic E-state index is 0.381. The van der Waals surface area contributed by atoms with Gasteiger partial charge in [0.25, 0.3) is 0 Å². The van der Waals surface area contributed by atoms with E-state index in [0.29, 0.717) is 11.6 Å². The summed E-state index contributed by atoms with van der Waals surface area (Å²) >= 11 is 0. The van der Waals surface area contributed by atoms with Crippen LogP contribution in [0.5, 0.6) is 0 Å². The van der Waals surface area contributed by atoms with Crippen LogP contribution in [0.4, 0.5) is 5.82 Å². The molecule has 0 fully saturated rings. The molecule has 4 nitrogen and oxygen atoms in total. The van der Waals surface area contributed by atoms with Crippen molar-refractivity contribution < 1.29 is 4.52 Å². The highest BCUT2D eigenvalue weighted by molar-refractivity contribution is 5.85. The van der Waals surface area contributed by atoms with E-state index in [9.17, 15) is 0 Å². The first-order chi connectivity index (χ1) is 9.25. The molecule has 0 amide bonds. The molecule has 0 radical (unpaired) electrons. The van der Waals surface area contributed by atoms with Gasteiger partial charge in [-0.2, -0.15) is 0 Å². The van der Waals surface area contributed by atoms with Crippen LogP contribution in [0, 0.1) is 6.92 Å². The minimum absolute atomic E-state index is 0.381. The lowest BCUT2D eigenvalue weighted by Crippen LogP contribution is -1.90. The Balaban J connectivity index is 2.20. The van der Waals surface area contributed by atoms with E-state index in [2.05, 4.69) is 16.2 Å². The Hall–Kier alpha value is -2.62. The second kappa shape index (κ2) is 4.57. The number of hydrogen-bond donors (Lipinski definition) is 1. The number of hydrogen-bond acceptors (Lipinski definition) is 4. The zero-order chi connectivity index (χ0) is 13.2. The van der Waals surface area contributed by atoms with E-state index >= 15 is 0 Å². The molecular weight excluding hydrogens is 238 g/mol. The van der Waals surface area contributed by atoms with Crippen molar-refractivity contribution in [3.8, 4) is 22.6 Å². The maximum atomic E-state index is 5.93. The molecule has 19 heavy (non-hydrogen) atoms. The summed E-state index contributed by atoms with van der Waals surface area (Å²) in [5, 5.41) is 3.86. The smallest absolute Gasteiger partial charge is 0.195 e. The number of anilines is 1. The van der Waals surface area contributed by atoms with Crippen LogP contribution >= 0.6 is 0 Å². The molecule has 0 spiro atoms. The second-order valence-corrected chi connectivity index (χ2v) is 4.36. The fourth-order valence-corrected chi connectivity index (χ4v) is 2.05. The molecule has 0 bridgehead atoms. The predicted octanol–water partition coefficient (Wildman–Crippen LogP) is 3.29. The summed E-state index contributed by atoms with van der Waals surface area (Å²) in [6, 6.07) is 13.7. The van der Waals surface area contributed by atoms with Crippen molar-refractivity contribution in [1.82, 2.24) is 10.1 Å². The van der Waals surface area contributed by atoms with Crippen molar-refractivity contribution in [1.29, 1.82) is 0 Å².